The quantitative estimate of drug-likeness (QED) is 0.326. The Morgan fingerprint density at radius 2 is 1.67 bits per heavy atom. The zero-order valence-corrected chi connectivity index (χ0v) is 20.9. The van der Waals surface area contributed by atoms with E-state index in [-0.39, 0.29) is 17.3 Å². The van der Waals surface area contributed by atoms with Gasteiger partial charge in [0.2, 0.25) is 0 Å². The minimum atomic E-state index is -1.99. The van der Waals surface area contributed by atoms with Gasteiger partial charge in [-0.3, -0.25) is 4.79 Å². The topological polar surface area (TPSA) is 64.6 Å². The van der Waals surface area contributed by atoms with Crippen molar-refractivity contribution in [3.8, 4) is 0 Å². The number of hydrogen-bond donors (Lipinski definition) is 1. The molecule has 0 saturated heterocycles. The van der Waals surface area contributed by atoms with E-state index < -0.39 is 25.7 Å². The zero-order valence-electron chi connectivity index (χ0n) is 19.9. The summed E-state index contributed by atoms with van der Waals surface area (Å²) in [6.07, 6.45) is 5.33. The molecule has 30 heavy (non-hydrogen) atoms. The largest absolute Gasteiger partial charge is 0.461 e. The number of hydrogen-bond acceptors (Lipinski definition) is 4. The van der Waals surface area contributed by atoms with E-state index >= 15 is 0 Å². The van der Waals surface area contributed by atoms with Crippen molar-refractivity contribution in [2.24, 2.45) is 0 Å². The molecule has 6 heteroatoms. The third-order valence-corrected chi connectivity index (χ3v) is 11.0. The zero-order chi connectivity index (χ0) is 23.0. The van der Waals surface area contributed by atoms with Gasteiger partial charge in [-0.25, -0.2) is 4.79 Å². The molecule has 1 rings (SSSR count). The van der Waals surface area contributed by atoms with Gasteiger partial charge in [0.15, 0.2) is 0 Å². The molecule has 0 aromatic heterocycles. The lowest BCUT2D eigenvalue weighted by Crippen LogP contribution is -2.51. The number of carbonyl (C=O) groups excluding carboxylic acids is 2. The van der Waals surface area contributed by atoms with Crippen LogP contribution in [0.15, 0.2) is 42.5 Å². The molecule has 1 N–H and O–H groups in total. The number of rotatable bonds is 8. The van der Waals surface area contributed by atoms with Crippen molar-refractivity contribution in [1.82, 2.24) is 5.32 Å². The number of aryl methyl sites for hydroxylation is 1. The highest BCUT2D eigenvalue weighted by molar-refractivity contribution is 6.81. The fourth-order valence-electron chi connectivity index (χ4n) is 2.61. The summed E-state index contributed by atoms with van der Waals surface area (Å²) in [5, 5.41) is 2.52. The summed E-state index contributed by atoms with van der Waals surface area (Å²) in [4.78, 5) is 24.3. The number of ether oxygens (including phenoxy) is 2. The average molecular weight is 434 g/mol. The van der Waals surface area contributed by atoms with Crippen LogP contribution < -0.4 is 5.32 Å². The minimum absolute atomic E-state index is 0.0420. The summed E-state index contributed by atoms with van der Waals surface area (Å²) in [6, 6.07) is 10.3. The van der Waals surface area contributed by atoms with Crippen molar-refractivity contribution in [2.75, 3.05) is 6.54 Å². The van der Waals surface area contributed by atoms with E-state index in [2.05, 4.69) is 57.4 Å². The third kappa shape index (κ3) is 9.16. The van der Waals surface area contributed by atoms with Crippen molar-refractivity contribution in [1.29, 1.82) is 0 Å². The van der Waals surface area contributed by atoms with Crippen LogP contribution in [0.3, 0.4) is 0 Å². The number of esters is 1. The van der Waals surface area contributed by atoms with Gasteiger partial charge in [-0.2, -0.15) is 0 Å². The molecule has 0 aliphatic rings. The Labute approximate surface area is 183 Å². The minimum Gasteiger partial charge on any atom is -0.461 e. The SMILES string of the molecule is CC(C)(C)OC(=O)NCC(=O)OC(/C=C/CCc1ccccc1)[Si](C)(C)C(C)(C)C. The number of allylic oxidation sites excluding steroid dienone is 1. The van der Waals surface area contributed by atoms with Crippen LogP contribution in [-0.2, 0) is 20.7 Å². The van der Waals surface area contributed by atoms with E-state index in [0.29, 0.717) is 0 Å². The number of carbonyl (C=O) groups is 2. The van der Waals surface area contributed by atoms with E-state index in [9.17, 15) is 9.59 Å². The van der Waals surface area contributed by atoms with Crippen LogP contribution in [0.2, 0.25) is 18.1 Å². The Bertz CT molecular complexity index is 715. The van der Waals surface area contributed by atoms with Crippen molar-refractivity contribution >= 4 is 20.1 Å². The molecule has 0 aliphatic carbocycles. The Morgan fingerprint density at radius 3 is 2.20 bits per heavy atom. The first kappa shape index (κ1) is 26.0. The van der Waals surface area contributed by atoms with Gasteiger partial charge in [0.05, 0.1) is 0 Å². The van der Waals surface area contributed by atoms with E-state index in [1.165, 1.54) is 5.56 Å². The third-order valence-electron chi connectivity index (χ3n) is 5.43. The first-order valence-corrected chi connectivity index (χ1v) is 13.7. The molecule has 1 aromatic rings. The molecule has 1 aromatic carbocycles. The van der Waals surface area contributed by atoms with Gasteiger partial charge in [0.25, 0.3) is 0 Å². The second-order valence-electron chi connectivity index (χ2n) is 10.2. The van der Waals surface area contributed by atoms with Gasteiger partial charge in [-0.1, -0.05) is 76.3 Å². The van der Waals surface area contributed by atoms with Crippen LogP contribution in [0.1, 0.15) is 53.5 Å². The first-order chi connectivity index (χ1) is 13.7. The molecule has 0 radical (unpaired) electrons. The maximum atomic E-state index is 12.4. The van der Waals surface area contributed by atoms with E-state index in [1.54, 1.807) is 20.8 Å². The fraction of sp³-hybridized carbons (Fsp3) is 0.583. The summed E-state index contributed by atoms with van der Waals surface area (Å²) in [5.41, 5.74) is 0.393. The van der Waals surface area contributed by atoms with Gasteiger partial charge in [-0.15, -0.1) is 0 Å². The van der Waals surface area contributed by atoms with E-state index in [0.717, 1.165) is 12.8 Å². The number of nitrogens with one attached hydrogen (secondary N) is 1. The van der Waals surface area contributed by atoms with Gasteiger partial charge in [0.1, 0.15) is 25.9 Å². The molecular weight excluding hydrogens is 394 g/mol. The predicted molar refractivity (Wildman–Crippen MR) is 125 cm³/mol. The van der Waals surface area contributed by atoms with Crippen LogP contribution in [0.25, 0.3) is 0 Å². The first-order valence-electron chi connectivity index (χ1n) is 10.6. The molecule has 0 aliphatic heterocycles. The lowest BCUT2D eigenvalue weighted by Gasteiger charge is -2.41. The highest BCUT2D eigenvalue weighted by atomic mass is 28.3. The smallest absolute Gasteiger partial charge is 0.408 e. The normalized spacial score (nSPS) is 13.7. The molecule has 0 saturated carbocycles. The molecule has 168 valence electrons. The highest BCUT2D eigenvalue weighted by Crippen LogP contribution is 2.39. The maximum absolute atomic E-state index is 12.4. The van der Waals surface area contributed by atoms with Gasteiger partial charge in [-0.05, 0) is 44.2 Å². The van der Waals surface area contributed by atoms with Crippen molar-refractivity contribution in [3.63, 3.8) is 0 Å². The van der Waals surface area contributed by atoms with E-state index in [4.69, 9.17) is 9.47 Å². The molecule has 5 nitrogen and oxygen atoms in total. The molecule has 0 heterocycles. The molecule has 0 bridgehead atoms. The lowest BCUT2D eigenvalue weighted by atomic mass is 10.1. The Morgan fingerprint density at radius 1 is 1.07 bits per heavy atom. The van der Waals surface area contributed by atoms with Gasteiger partial charge >= 0.3 is 12.1 Å². The molecule has 1 atom stereocenters. The van der Waals surface area contributed by atoms with Crippen LogP contribution >= 0.6 is 0 Å². The van der Waals surface area contributed by atoms with Crippen LogP contribution in [0.4, 0.5) is 4.79 Å². The van der Waals surface area contributed by atoms with Crippen molar-refractivity contribution in [3.05, 3.63) is 48.0 Å². The highest BCUT2D eigenvalue weighted by Gasteiger charge is 2.43. The molecule has 1 amide bonds. The van der Waals surface area contributed by atoms with Crippen LogP contribution in [0.5, 0.6) is 0 Å². The van der Waals surface area contributed by atoms with Crippen molar-refractivity contribution < 1.29 is 19.1 Å². The summed E-state index contributed by atoms with van der Waals surface area (Å²) >= 11 is 0. The summed E-state index contributed by atoms with van der Waals surface area (Å²) in [6.45, 7) is 16.2. The number of benzene rings is 1. The standard InChI is InChI=1S/C24H39NO4Si/c1-23(2,3)29-22(27)25-18-20(26)28-21(30(7,8)24(4,5)6)17-13-12-16-19-14-10-9-11-15-19/h9-11,13-15,17,21H,12,16,18H2,1-8H3,(H,25,27)/b17-13+. The Hall–Kier alpha value is -2.08. The molecule has 0 fully saturated rings. The monoisotopic (exact) mass is 433 g/mol. The van der Waals surface area contributed by atoms with E-state index in [1.807, 2.05) is 24.3 Å². The van der Waals surface area contributed by atoms with Crippen molar-refractivity contribution in [2.45, 2.75) is 83.8 Å². The second-order valence-corrected chi connectivity index (χ2v) is 15.7. The summed E-state index contributed by atoms with van der Waals surface area (Å²) in [7, 11) is -1.99. The number of alkyl carbamates (subject to hydrolysis) is 1. The Kier molecular flexibility index (Phi) is 9.34. The second kappa shape index (κ2) is 10.8. The number of amides is 1. The maximum Gasteiger partial charge on any atom is 0.408 e. The van der Waals surface area contributed by atoms with Gasteiger partial charge in [0, 0.05) is 0 Å². The van der Waals surface area contributed by atoms with Crippen LogP contribution in [0, 0.1) is 0 Å². The lowest BCUT2D eigenvalue weighted by molar-refractivity contribution is -0.143. The molecule has 0 spiro atoms. The summed E-state index contributed by atoms with van der Waals surface area (Å²) < 4.78 is 11.0. The summed E-state index contributed by atoms with van der Waals surface area (Å²) in [5.74, 6) is -0.455. The predicted octanol–water partition coefficient (Wildman–Crippen LogP) is 5.66. The van der Waals surface area contributed by atoms with Crippen LogP contribution in [-0.4, -0.2) is 38.0 Å². The molecule has 1 unspecified atom stereocenters. The average Bonchev–Trinajstić information content (AvgIpc) is 2.61. The van der Waals surface area contributed by atoms with Gasteiger partial charge < -0.3 is 14.8 Å². The fourth-order valence-corrected chi connectivity index (χ4v) is 4.51. The Balaban J connectivity index is 2.75. The molecular formula is C24H39NO4Si.